The first kappa shape index (κ1) is 21.0. The summed E-state index contributed by atoms with van der Waals surface area (Å²) in [5, 5.41) is 6.09. The van der Waals surface area contributed by atoms with E-state index >= 15 is 0 Å². The molecule has 0 radical (unpaired) electrons. The average Bonchev–Trinajstić information content (AvgIpc) is 2.75. The lowest BCUT2D eigenvalue weighted by atomic mass is 10.2. The fourth-order valence-corrected chi connectivity index (χ4v) is 2.77. The highest BCUT2D eigenvalue weighted by molar-refractivity contribution is 14.1. The minimum absolute atomic E-state index is 0.123. The van der Waals surface area contributed by atoms with Crippen LogP contribution in [0, 0.1) is 0 Å². The van der Waals surface area contributed by atoms with E-state index in [1.54, 1.807) is 36.7 Å². The molecule has 0 spiro atoms. The van der Waals surface area contributed by atoms with Crippen molar-refractivity contribution in [2.24, 2.45) is 0 Å². The number of amides is 1. The van der Waals surface area contributed by atoms with E-state index in [2.05, 4.69) is 43.2 Å². The van der Waals surface area contributed by atoms with Crippen LogP contribution in [0.25, 0.3) is 0 Å². The first-order chi connectivity index (χ1) is 14.2. The zero-order valence-electron chi connectivity index (χ0n) is 15.8. The largest absolute Gasteiger partial charge is 0.438 e. The first-order valence-corrected chi connectivity index (χ1v) is 10.5. The van der Waals surface area contributed by atoms with Crippen molar-refractivity contribution >= 4 is 40.0 Å². The molecular weight excluding hydrogens is 483 g/mol. The number of carbonyl (C=O) groups excluding carboxylic acids is 1. The van der Waals surface area contributed by atoms with Crippen LogP contribution >= 0.6 is 22.6 Å². The van der Waals surface area contributed by atoms with Crippen LogP contribution in [-0.4, -0.2) is 33.1 Å². The van der Waals surface area contributed by atoms with E-state index in [0.29, 0.717) is 22.5 Å². The summed E-state index contributed by atoms with van der Waals surface area (Å²) in [5.41, 5.74) is 1.24. The van der Waals surface area contributed by atoms with Gasteiger partial charge < -0.3 is 20.1 Å². The molecule has 0 bridgehead atoms. The van der Waals surface area contributed by atoms with Crippen LogP contribution in [0.4, 0.5) is 11.5 Å². The number of alkyl halides is 1. The van der Waals surface area contributed by atoms with Gasteiger partial charge in [0.1, 0.15) is 17.1 Å². The van der Waals surface area contributed by atoms with Gasteiger partial charge in [0.2, 0.25) is 5.88 Å². The number of anilines is 2. The maximum atomic E-state index is 12.6. The van der Waals surface area contributed by atoms with Crippen molar-refractivity contribution in [1.82, 2.24) is 15.3 Å². The van der Waals surface area contributed by atoms with Gasteiger partial charge in [0.15, 0.2) is 0 Å². The summed E-state index contributed by atoms with van der Waals surface area (Å²) in [6, 6.07) is 16.3. The molecule has 1 amide bonds. The Morgan fingerprint density at radius 3 is 2.59 bits per heavy atom. The van der Waals surface area contributed by atoms with Crippen LogP contribution in [0.15, 0.2) is 67.0 Å². The van der Waals surface area contributed by atoms with E-state index in [4.69, 9.17) is 9.47 Å². The van der Waals surface area contributed by atoms with Crippen molar-refractivity contribution in [3.05, 3.63) is 72.6 Å². The Balaban J connectivity index is 1.66. The number of hydrogen-bond donors (Lipinski definition) is 2. The van der Waals surface area contributed by atoms with Gasteiger partial charge >= 0.3 is 0 Å². The second-order valence-electron chi connectivity index (χ2n) is 6.18. The standard InChI is InChI=1S/C21H21IN4O3/c1-15(13-28-14-22)25-20(27)18-5-4-12-24-21(18)29-17-9-7-16(8-10-17)26-19-6-2-3-11-23-19/h2-12,15H,13-14H2,1H3,(H,23,26)(H,25,27). The number of carbonyl (C=O) groups is 1. The van der Waals surface area contributed by atoms with Crippen molar-refractivity contribution in [2.75, 3.05) is 16.5 Å². The molecule has 0 fully saturated rings. The van der Waals surface area contributed by atoms with Crippen molar-refractivity contribution < 1.29 is 14.3 Å². The molecule has 0 aliphatic carbocycles. The first-order valence-electron chi connectivity index (χ1n) is 9.01. The molecule has 150 valence electrons. The Morgan fingerprint density at radius 1 is 1.07 bits per heavy atom. The third-order valence-corrected chi connectivity index (χ3v) is 4.28. The minimum atomic E-state index is -0.258. The normalized spacial score (nSPS) is 11.5. The van der Waals surface area contributed by atoms with Crippen LogP contribution in [0.1, 0.15) is 17.3 Å². The van der Waals surface area contributed by atoms with Gasteiger partial charge in [-0.2, -0.15) is 0 Å². The average molecular weight is 504 g/mol. The SMILES string of the molecule is CC(COCI)NC(=O)c1cccnc1Oc1ccc(Nc2ccccn2)cc1. The third-order valence-electron chi connectivity index (χ3n) is 3.84. The lowest BCUT2D eigenvalue weighted by Gasteiger charge is -2.15. The molecule has 3 rings (SSSR count). The Labute approximate surface area is 183 Å². The highest BCUT2D eigenvalue weighted by Crippen LogP contribution is 2.25. The summed E-state index contributed by atoms with van der Waals surface area (Å²) in [6.45, 7) is 2.32. The third kappa shape index (κ3) is 6.40. The van der Waals surface area contributed by atoms with Crippen molar-refractivity contribution in [3.8, 4) is 11.6 Å². The number of nitrogens with zero attached hydrogens (tertiary/aromatic N) is 2. The van der Waals surface area contributed by atoms with E-state index < -0.39 is 0 Å². The summed E-state index contributed by atoms with van der Waals surface area (Å²) in [5.74, 6) is 1.32. The number of pyridine rings is 2. The second kappa shape index (κ2) is 10.7. The number of hydrogen-bond acceptors (Lipinski definition) is 6. The molecule has 2 heterocycles. The van der Waals surface area contributed by atoms with Gasteiger partial charge in [-0.15, -0.1) is 0 Å². The zero-order valence-corrected chi connectivity index (χ0v) is 18.0. The smallest absolute Gasteiger partial charge is 0.257 e. The Kier molecular flexibility index (Phi) is 7.77. The number of halogens is 1. The zero-order chi connectivity index (χ0) is 20.5. The number of ether oxygens (including phenoxy) is 2. The van der Waals surface area contributed by atoms with Gasteiger partial charge in [0.05, 0.1) is 11.2 Å². The Morgan fingerprint density at radius 2 is 1.86 bits per heavy atom. The monoisotopic (exact) mass is 504 g/mol. The number of nitrogens with one attached hydrogen (secondary N) is 2. The molecular formula is C21H21IN4O3. The van der Waals surface area contributed by atoms with Gasteiger partial charge in [-0.3, -0.25) is 4.79 Å². The van der Waals surface area contributed by atoms with Crippen LogP contribution < -0.4 is 15.4 Å². The number of aromatic nitrogens is 2. The fourth-order valence-electron chi connectivity index (χ4n) is 2.51. The molecule has 0 aliphatic rings. The Hall–Kier alpha value is -2.72. The molecule has 0 saturated heterocycles. The van der Waals surface area contributed by atoms with E-state index in [1.807, 2.05) is 37.3 Å². The predicted molar refractivity (Wildman–Crippen MR) is 120 cm³/mol. The second-order valence-corrected chi connectivity index (χ2v) is 6.80. The van der Waals surface area contributed by atoms with Gasteiger partial charge in [-0.05, 0) is 55.5 Å². The fraction of sp³-hybridized carbons (Fsp3) is 0.190. The molecule has 0 aliphatic heterocycles. The molecule has 8 heteroatoms. The van der Waals surface area contributed by atoms with Crippen molar-refractivity contribution in [1.29, 1.82) is 0 Å². The maximum Gasteiger partial charge on any atom is 0.257 e. The molecule has 29 heavy (non-hydrogen) atoms. The minimum Gasteiger partial charge on any atom is -0.438 e. The van der Waals surface area contributed by atoms with Crippen molar-refractivity contribution in [2.45, 2.75) is 13.0 Å². The summed E-state index contributed by atoms with van der Waals surface area (Å²) in [4.78, 5) is 21.0. The number of benzene rings is 1. The molecule has 2 N–H and O–H groups in total. The maximum absolute atomic E-state index is 12.6. The quantitative estimate of drug-likeness (QED) is 0.329. The van der Waals surface area contributed by atoms with Crippen LogP contribution in [0.3, 0.4) is 0 Å². The summed E-state index contributed by atoms with van der Waals surface area (Å²) < 4.78 is 11.8. The van der Waals surface area contributed by atoms with Gasteiger partial charge in [0, 0.05) is 24.1 Å². The molecule has 0 saturated carbocycles. The molecule has 1 atom stereocenters. The van der Waals surface area contributed by atoms with Gasteiger partial charge in [-0.25, -0.2) is 9.97 Å². The van der Waals surface area contributed by atoms with Crippen LogP contribution in [0.5, 0.6) is 11.6 Å². The highest BCUT2D eigenvalue weighted by Gasteiger charge is 2.16. The topological polar surface area (TPSA) is 85.4 Å². The van der Waals surface area contributed by atoms with E-state index in [0.717, 1.165) is 11.5 Å². The van der Waals surface area contributed by atoms with E-state index in [9.17, 15) is 4.79 Å². The lowest BCUT2D eigenvalue weighted by molar-refractivity contribution is 0.0899. The van der Waals surface area contributed by atoms with Gasteiger partial charge in [-0.1, -0.05) is 28.7 Å². The predicted octanol–water partition coefficient (Wildman–Crippen LogP) is 4.54. The molecule has 1 unspecified atom stereocenters. The lowest BCUT2D eigenvalue weighted by Crippen LogP contribution is -2.36. The Bertz CT molecular complexity index is 923. The summed E-state index contributed by atoms with van der Waals surface area (Å²) in [7, 11) is 0. The van der Waals surface area contributed by atoms with E-state index in [1.165, 1.54) is 0 Å². The van der Waals surface area contributed by atoms with E-state index in [-0.39, 0.29) is 17.8 Å². The van der Waals surface area contributed by atoms with Crippen LogP contribution in [-0.2, 0) is 4.74 Å². The summed E-state index contributed by atoms with van der Waals surface area (Å²) >= 11 is 2.12. The highest BCUT2D eigenvalue weighted by atomic mass is 127. The molecule has 2 aromatic heterocycles. The van der Waals surface area contributed by atoms with Crippen molar-refractivity contribution in [3.63, 3.8) is 0 Å². The molecule has 3 aromatic rings. The molecule has 7 nitrogen and oxygen atoms in total. The molecule has 1 aromatic carbocycles. The summed E-state index contributed by atoms with van der Waals surface area (Å²) in [6.07, 6.45) is 3.31. The van der Waals surface area contributed by atoms with Gasteiger partial charge in [0.25, 0.3) is 5.91 Å². The van der Waals surface area contributed by atoms with Crippen LogP contribution in [0.2, 0.25) is 0 Å². The number of rotatable bonds is 9.